The first-order chi connectivity index (χ1) is 15.4. The molecule has 0 aliphatic rings. The number of aromatic nitrogens is 5. The normalized spacial score (nSPS) is 11.4. The molecule has 0 amide bonds. The number of halogens is 3. The van der Waals surface area contributed by atoms with E-state index in [1.54, 1.807) is 37.3 Å². The minimum absolute atomic E-state index is 0.132. The molecule has 0 radical (unpaired) electrons. The zero-order valence-electron chi connectivity index (χ0n) is 16.6. The van der Waals surface area contributed by atoms with Gasteiger partial charge < -0.3 is 4.52 Å². The first-order valence-corrected chi connectivity index (χ1v) is 10.7. The topological polar surface area (TPSA) is 78.2 Å². The molecule has 32 heavy (non-hydrogen) atoms. The van der Waals surface area contributed by atoms with Gasteiger partial charge in [0.05, 0.1) is 6.54 Å². The third-order valence-electron chi connectivity index (χ3n) is 4.94. The average molecular weight is 487 g/mol. The van der Waals surface area contributed by atoms with Crippen LogP contribution in [-0.4, -0.2) is 24.6 Å². The molecule has 2 aromatic carbocycles. The SMILES string of the molecule is Cc1cc(Cn2nc3c(-c4ccc(Cl)cc4)c(-c4ccc(Cl)cc4)c(Cl)nn3c2=O)no1. The van der Waals surface area contributed by atoms with Crippen LogP contribution in [-0.2, 0) is 6.54 Å². The third kappa shape index (κ3) is 3.68. The Labute approximate surface area is 196 Å². The first kappa shape index (κ1) is 20.8. The largest absolute Gasteiger partial charge is 0.367 e. The molecule has 0 saturated heterocycles. The molecule has 7 nitrogen and oxygen atoms in total. The smallest absolute Gasteiger partial charge is 0.361 e. The molecular weight excluding hydrogens is 473 g/mol. The second kappa shape index (κ2) is 8.09. The van der Waals surface area contributed by atoms with E-state index in [1.807, 2.05) is 24.3 Å². The van der Waals surface area contributed by atoms with Gasteiger partial charge in [-0.15, -0.1) is 10.2 Å². The maximum atomic E-state index is 13.1. The van der Waals surface area contributed by atoms with Crippen molar-refractivity contribution in [3.05, 3.63) is 91.7 Å². The summed E-state index contributed by atoms with van der Waals surface area (Å²) >= 11 is 18.8. The molecule has 0 aliphatic carbocycles. The lowest BCUT2D eigenvalue weighted by molar-refractivity contribution is 0.387. The molecular formula is C22H14Cl3N5O2. The van der Waals surface area contributed by atoms with Gasteiger partial charge in [-0.05, 0) is 42.3 Å². The summed E-state index contributed by atoms with van der Waals surface area (Å²) < 4.78 is 7.57. The van der Waals surface area contributed by atoms with E-state index in [9.17, 15) is 4.79 Å². The lowest BCUT2D eigenvalue weighted by atomic mass is 9.97. The minimum Gasteiger partial charge on any atom is -0.361 e. The van der Waals surface area contributed by atoms with E-state index in [2.05, 4.69) is 15.4 Å². The molecule has 0 N–H and O–H groups in total. The Hall–Kier alpha value is -3.13. The number of benzene rings is 2. The van der Waals surface area contributed by atoms with Crippen molar-refractivity contribution >= 4 is 40.4 Å². The van der Waals surface area contributed by atoms with Gasteiger partial charge in [0.1, 0.15) is 11.5 Å². The summed E-state index contributed by atoms with van der Waals surface area (Å²) in [7, 11) is 0. The van der Waals surface area contributed by atoms with E-state index in [4.69, 9.17) is 39.3 Å². The predicted molar refractivity (Wildman–Crippen MR) is 123 cm³/mol. The molecule has 0 unspecified atom stereocenters. The fourth-order valence-electron chi connectivity index (χ4n) is 3.52. The van der Waals surface area contributed by atoms with Gasteiger partial charge in [-0.3, -0.25) is 0 Å². The van der Waals surface area contributed by atoms with Crippen LogP contribution in [0.15, 0.2) is 63.9 Å². The fourth-order valence-corrected chi connectivity index (χ4v) is 4.05. The quantitative estimate of drug-likeness (QED) is 0.334. The monoisotopic (exact) mass is 485 g/mol. The number of rotatable bonds is 4. The van der Waals surface area contributed by atoms with Gasteiger partial charge in [-0.25, -0.2) is 9.48 Å². The lowest BCUT2D eigenvalue weighted by Crippen LogP contribution is -2.23. The first-order valence-electron chi connectivity index (χ1n) is 9.54. The highest BCUT2D eigenvalue weighted by atomic mass is 35.5. The van der Waals surface area contributed by atoms with Gasteiger partial charge in [0.15, 0.2) is 10.8 Å². The van der Waals surface area contributed by atoms with Crippen LogP contribution in [0.25, 0.3) is 27.9 Å². The Morgan fingerprint density at radius 3 is 2.03 bits per heavy atom. The van der Waals surface area contributed by atoms with E-state index in [0.29, 0.717) is 38.3 Å². The molecule has 0 spiro atoms. The highest BCUT2D eigenvalue weighted by molar-refractivity contribution is 6.33. The zero-order valence-corrected chi connectivity index (χ0v) is 18.9. The maximum Gasteiger partial charge on any atom is 0.367 e. The van der Waals surface area contributed by atoms with Gasteiger partial charge in [0.25, 0.3) is 0 Å². The Kier molecular flexibility index (Phi) is 5.25. The third-order valence-corrected chi connectivity index (χ3v) is 5.71. The summed E-state index contributed by atoms with van der Waals surface area (Å²) in [6.45, 7) is 1.91. The number of nitrogens with zero attached hydrogens (tertiary/aromatic N) is 5. The lowest BCUT2D eigenvalue weighted by Gasteiger charge is -2.12. The average Bonchev–Trinajstić information content (AvgIpc) is 3.32. The molecule has 0 fully saturated rings. The van der Waals surface area contributed by atoms with Crippen molar-refractivity contribution in [3.63, 3.8) is 0 Å². The zero-order chi connectivity index (χ0) is 22.4. The predicted octanol–water partition coefficient (Wildman–Crippen LogP) is 5.53. The summed E-state index contributed by atoms with van der Waals surface area (Å²) in [5.74, 6) is 0.643. The Bertz CT molecular complexity index is 1500. The Balaban J connectivity index is 1.80. The molecule has 5 aromatic rings. The van der Waals surface area contributed by atoms with Crippen LogP contribution in [0.2, 0.25) is 15.2 Å². The van der Waals surface area contributed by atoms with Gasteiger partial charge in [0.2, 0.25) is 0 Å². The van der Waals surface area contributed by atoms with E-state index in [1.165, 1.54) is 9.20 Å². The van der Waals surface area contributed by atoms with E-state index < -0.39 is 5.69 Å². The van der Waals surface area contributed by atoms with Crippen molar-refractivity contribution in [2.24, 2.45) is 0 Å². The fraction of sp³-hybridized carbons (Fsp3) is 0.0909. The van der Waals surface area contributed by atoms with Crippen molar-refractivity contribution < 1.29 is 4.52 Å². The Morgan fingerprint density at radius 1 is 0.875 bits per heavy atom. The summed E-state index contributed by atoms with van der Waals surface area (Å²) in [6.07, 6.45) is 0. The maximum absolute atomic E-state index is 13.1. The summed E-state index contributed by atoms with van der Waals surface area (Å²) in [5, 5.41) is 14.2. The molecule has 0 aliphatic heterocycles. The van der Waals surface area contributed by atoms with Crippen LogP contribution in [0.1, 0.15) is 11.5 Å². The van der Waals surface area contributed by atoms with Crippen LogP contribution in [0.5, 0.6) is 0 Å². The van der Waals surface area contributed by atoms with Crippen molar-refractivity contribution in [2.75, 3.05) is 0 Å². The second-order valence-electron chi connectivity index (χ2n) is 7.16. The number of hydrogen-bond acceptors (Lipinski definition) is 5. The van der Waals surface area contributed by atoms with Gasteiger partial charge in [-0.1, -0.05) is 64.2 Å². The van der Waals surface area contributed by atoms with Crippen molar-refractivity contribution in [1.82, 2.24) is 24.6 Å². The van der Waals surface area contributed by atoms with Crippen molar-refractivity contribution in [3.8, 4) is 22.3 Å². The Morgan fingerprint density at radius 2 is 1.47 bits per heavy atom. The summed E-state index contributed by atoms with van der Waals surface area (Å²) in [4.78, 5) is 13.1. The molecule has 160 valence electrons. The standard InChI is InChI=1S/C22H14Cl3N5O2/c1-12-10-17(28-32-12)11-29-22(31)30-21(27-29)19(14-4-8-16(24)9-5-14)18(20(25)26-30)13-2-6-15(23)7-3-13/h2-10H,11H2,1H3. The highest BCUT2D eigenvalue weighted by Gasteiger charge is 2.22. The van der Waals surface area contributed by atoms with Crippen LogP contribution < -0.4 is 5.69 Å². The number of aryl methyl sites for hydroxylation is 1. The van der Waals surface area contributed by atoms with Gasteiger partial charge in [-0.2, -0.15) is 4.52 Å². The summed E-state index contributed by atoms with van der Waals surface area (Å²) in [6, 6.07) is 16.2. The van der Waals surface area contributed by atoms with E-state index >= 15 is 0 Å². The van der Waals surface area contributed by atoms with Crippen LogP contribution in [0.4, 0.5) is 0 Å². The molecule has 0 saturated carbocycles. The van der Waals surface area contributed by atoms with E-state index in [0.717, 1.165) is 11.1 Å². The second-order valence-corrected chi connectivity index (χ2v) is 8.39. The van der Waals surface area contributed by atoms with E-state index in [-0.39, 0.29) is 11.7 Å². The molecule has 3 aromatic heterocycles. The van der Waals surface area contributed by atoms with Crippen LogP contribution in [0, 0.1) is 6.92 Å². The van der Waals surface area contributed by atoms with Crippen molar-refractivity contribution in [2.45, 2.75) is 13.5 Å². The van der Waals surface area contributed by atoms with Crippen LogP contribution in [0.3, 0.4) is 0 Å². The van der Waals surface area contributed by atoms with Gasteiger partial charge >= 0.3 is 5.69 Å². The molecule has 10 heteroatoms. The van der Waals surface area contributed by atoms with Gasteiger partial charge in [0, 0.05) is 27.2 Å². The van der Waals surface area contributed by atoms with Crippen molar-refractivity contribution in [1.29, 1.82) is 0 Å². The number of hydrogen-bond donors (Lipinski definition) is 0. The summed E-state index contributed by atoms with van der Waals surface area (Å²) in [5.41, 5.74) is 3.33. The molecule has 3 heterocycles. The highest BCUT2D eigenvalue weighted by Crippen LogP contribution is 2.39. The molecule has 0 bridgehead atoms. The molecule has 0 atom stereocenters. The van der Waals surface area contributed by atoms with Crippen LogP contribution >= 0.6 is 34.8 Å². The minimum atomic E-state index is -0.444. The number of fused-ring (bicyclic) bond motifs is 1. The molecule has 5 rings (SSSR count).